The molecule has 3 N–H and O–H groups in total. The van der Waals surface area contributed by atoms with Crippen molar-refractivity contribution in [2.75, 3.05) is 6.54 Å². The van der Waals surface area contributed by atoms with Crippen LogP contribution in [0, 0.1) is 0 Å². The zero-order chi connectivity index (χ0) is 13.4. The van der Waals surface area contributed by atoms with Crippen LogP contribution in [0.5, 0.6) is 0 Å². The van der Waals surface area contributed by atoms with Gasteiger partial charge < -0.3 is 5.32 Å². The summed E-state index contributed by atoms with van der Waals surface area (Å²) in [6, 6.07) is 0.0615. The lowest BCUT2D eigenvalue weighted by atomic mass is 9.70. The van der Waals surface area contributed by atoms with Gasteiger partial charge in [-0.1, -0.05) is 0 Å². The molecule has 0 aromatic carbocycles. The Morgan fingerprint density at radius 1 is 1.28 bits per heavy atom. The Bertz CT molecular complexity index is 396. The summed E-state index contributed by atoms with van der Waals surface area (Å²) in [6.07, 6.45) is 5.40. The average Bonchev–Trinajstić information content (AvgIpc) is 2.10. The number of rotatable bonds is 3. The second-order valence-electron chi connectivity index (χ2n) is 6.72. The quantitative estimate of drug-likeness (QED) is 0.716. The van der Waals surface area contributed by atoms with E-state index in [2.05, 4.69) is 14.8 Å². The molecular formula is C12H25N3O2S. The minimum atomic E-state index is -3.40. The third kappa shape index (κ3) is 3.66. The van der Waals surface area contributed by atoms with Crippen LogP contribution in [-0.2, 0) is 10.2 Å². The predicted octanol–water partition coefficient (Wildman–Crippen LogP) is 0.884. The van der Waals surface area contributed by atoms with Crippen molar-refractivity contribution in [2.24, 2.45) is 0 Å². The monoisotopic (exact) mass is 275 g/mol. The summed E-state index contributed by atoms with van der Waals surface area (Å²) in [4.78, 5) is 0. The van der Waals surface area contributed by atoms with E-state index in [-0.39, 0.29) is 11.6 Å². The Morgan fingerprint density at radius 3 is 2.44 bits per heavy atom. The molecule has 106 valence electrons. The van der Waals surface area contributed by atoms with Crippen LogP contribution in [0.1, 0.15) is 52.9 Å². The molecule has 5 nitrogen and oxygen atoms in total. The number of hydrogen-bond donors (Lipinski definition) is 3. The van der Waals surface area contributed by atoms with E-state index in [1.165, 1.54) is 19.3 Å². The highest BCUT2D eigenvalue weighted by Gasteiger charge is 2.41. The van der Waals surface area contributed by atoms with Crippen molar-refractivity contribution >= 4 is 10.2 Å². The van der Waals surface area contributed by atoms with Crippen LogP contribution < -0.4 is 14.8 Å². The van der Waals surface area contributed by atoms with E-state index in [0.717, 1.165) is 19.4 Å². The zero-order valence-electron chi connectivity index (χ0n) is 11.5. The molecule has 1 spiro atoms. The molecule has 2 rings (SSSR count). The van der Waals surface area contributed by atoms with Gasteiger partial charge in [0.25, 0.3) is 10.2 Å². The molecule has 1 unspecified atom stereocenters. The molecule has 1 aliphatic heterocycles. The fourth-order valence-corrected chi connectivity index (χ4v) is 4.40. The molecular weight excluding hydrogens is 250 g/mol. The average molecular weight is 275 g/mol. The molecule has 0 amide bonds. The van der Waals surface area contributed by atoms with Crippen molar-refractivity contribution in [1.29, 1.82) is 0 Å². The Morgan fingerprint density at radius 2 is 1.94 bits per heavy atom. The van der Waals surface area contributed by atoms with E-state index in [4.69, 9.17) is 0 Å². The van der Waals surface area contributed by atoms with Gasteiger partial charge in [-0.3, -0.25) is 0 Å². The first-order valence-corrected chi connectivity index (χ1v) is 8.24. The van der Waals surface area contributed by atoms with Crippen molar-refractivity contribution in [3.05, 3.63) is 0 Å². The highest BCUT2D eigenvalue weighted by atomic mass is 32.2. The van der Waals surface area contributed by atoms with Crippen LogP contribution in [0.15, 0.2) is 0 Å². The molecule has 2 aliphatic rings. The van der Waals surface area contributed by atoms with Crippen LogP contribution in [0.3, 0.4) is 0 Å². The second kappa shape index (κ2) is 4.74. The van der Waals surface area contributed by atoms with E-state index in [1.807, 2.05) is 20.8 Å². The van der Waals surface area contributed by atoms with Gasteiger partial charge in [-0.25, -0.2) is 0 Å². The number of hydrogen-bond acceptors (Lipinski definition) is 3. The molecule has 1 atom stereocenters. The summed E-state index contributed by atoms with van der Waals surface area (Å²) in [5.41, 5.74) is -0.222. The van der Waals surface area contributed by atoms with E-state index in [0.29, 0.717) is 0 Å². The Hall–Kier alpha value is -0.170. The number of nitrogens with one attached hydrogen (secondary N) is 3. The summed E-state index contributed by atoms with van der Waals surface area (Å²) < 4.78 is 29.4. The van der Waals surface area contributed by atoms with Crippen molar-refractivity contribution in [2.45, 2.75) is 70.0 Å². The molecule has 0 radical (unpaired) electrons. The SMILES string of the molecule is CC(C)(C)NS(=O)(=O)NC1CCNC2(CCC2)C1. The standard InChI is InChI=1S/C12H25N3O2S/c1-11(2,3)15-18(16,17)14-10-5-8-13-12(9-10)6-4-7-12/h10,13-15H,4-9H2,1-3H3. The molecule has 18 heavy (non-hydrogen) atoms. The highest BCUT2D eigenvalue weighted by molar-refractivity contribution is 7.87. The summed E-state index contributed by atoms with van der Waals surface area (Å²) >= 11 is 0. The minimum Gasteiger partial charge on any atom is -0.311 e. The smallest absolute Gasteiger partial charge is 0.277 e. The normalized spacial score (nSPS) is 28.1. The molecule has 0 aromatic rings. The highest BCUT2D eigenvalue weighted by Crippen LogP contribution is 2.38. The van der Waals surface area contributed by atoms with Crippen LogP contribution in [0.25, 0.3) is 0 Å². The molecule has 1 aliphatic carbocycles. The zero-order valence-corrected chi connectivity index (χ0v) is 12.4. The summed E-state index contributed by atoms with van der Waals surface area (Å²) in [5.74, 6) is 0. The molecule has 6 heteroatoms. The van der Waals surface area contributed by atoms with Gasteiger partial charge in [0, 0.05) is 17.1 Å². The number of piperidine rings is 1. The summed E-state index contributed by atoms with van der Waals surface area (Å²) in [5, 5.41) is 3.54. The first-order valence-electron chi connectivity index (χ1n) is 6.76. The van der Waals surface area contributed by atoms with Crippen LogP contribution in [0.4, 0.5) is 0 Å². The minimum absolute atomic E-state index is 0.0615. The van der Waals surface area contributed by atoms with Gasteiger partial charge in [-0.15, -0.1) is 0 Å². The van der Waals surface area contributed by atoms with E-state index in [1.54, 1.807) is 0 Å². The van der Waals surface area contributed by atoms with E-state index in [9.17, 15) is 8.42 Å². The Kier molecular flexibility index (Phi) is 3.75. The van der Waals surface area contributed by atoms with Crippen LogP contribution in [-0.4, -0.2) is 32.1 Å². The molecule has 1 heterocycles. The first-order chi connectivity index (χ1) is 8.20. The lowest BCUT2D eigenvalue weighted by Crippen LogP contribution is -2.61. The van der Waals surface area contributed by atoms with Gasteiger partial charge in [0.15, 0.2) is 0 Å². The van der Waals surface area contributed by atoms with Crippen LogP contribution >= 0.6 is 0 Å². The third-order valence-corrected chi connectivity index (χ3v) is 5.23. The van der Waals surface area contributed by atoms with E-state index < -0.39 is 15.7 Å². The molecule has 2 fully saturated rings. The summed E-state index contributed by atoms with van der Waals surface area (Å²) in [6.45, 7) is 6.45. The summed E-state index contributed by atoms with van der Waals surface area (Å²) in [7, 11) is -3.40. The van der Waals surface area contributed by atoms with Crippen molar-refractivity contribution in [3.8, 4) is 0 Å². The largest absolute Gasteiger partial charge is 0.311 e. The first kappa shape index (κ1) is 14.2. The second-order valence-corrected chi connectivity index (χ2v) is 8.17. The van der Waals surface area contributed by atoms with Crippen molar-refractivity contribution in [3.63, 3.8) is 0 Å². The fraction of sp³-hybridized carbons (Fsp3) is 1.00. The molecule has 1 saturated heterocycles. The van der Waals surface area contributed by atoms with Gasteiger partial charge >= 0.3 is 0 Å². The van der Waals surface area contributed by atoms with Crippen LogP contribution in [0.2, 0.25) is 0 Å². The lowest BCUT2D eigenvalue weighted by Gasteiger charge is -2.48. The predicted molar refractivity (Wildman–Crippen MR) is 72.6 cm³/mol. The topological polar surface area (TPSA) is 70.2 Å². The Balaban J connectivity index is 1.92. The molecule has 1 saturated carbocycles. The molecule has 0 aromatic heterocycles. The van der Waals surface area contributed by atoms with Crippen molar-refractivity contribution in [1.82, 2.24) is 14.8 Å². The fourth-order valence-electron chi connectivity index (χ4n) is 2.89. The lowest BCUT2D eigenvalue weighted by molar-refractivity contribution is 0.126. The van der Waals surface area contributed by atoms with Gasteiger partial charge in [-0.2, -0.15) is 17.9 Å². The Labute approximate surface area is 110 Å². The maximum Gasteiger partial charge on any atom is 0.277 e. The van der Waals surface area contributed by atoms with Gasteiger partial charge in [0.1, 0.15) is 0 Å². The molecule has 0 bridgehead atoms. The van der Waals surface area contributed by atoms with Gasteiger partial charge in [-0.05, 0) is 59.4 Å². The van der Waals surface area contributed by atoms with Gasteiger partial charge in [0.2, 0.25) is 0 Å². The van der Waals surface area contributed by atoms with Gasteiger partial charge in [0.05, 0.1) is 0 Å². The third-order valence-electron chi connectivity index (χ3n) is 3.70. The van der Waals surface area contributed by atoms with Crippen molar-refractivity contribution < 1.29 is 8.42 Å². The maximum atomic E-state index is 12.0. The maximum absolute atomic E-state index is 12.0. The van der Waals surface area contributed by atoms with E-state index >= 15 is 0 Å².